The van der Waals surface area contributed by atoms with E-state index in [1.54, 1.807) is 0 Å². The van der Waals surface area contributed by atoms with Crippen molar-refractivity contribution in [3.63, 3.8) is 0 Å². The van der Waals surface area contributed by atoms with E-state index >= 15 is 0 Å². The predicted octanol–water partition coefficient (Wildman–Crippen LogP) is 0.588. The third kappa shape index (κ3) is 27.0. The van der Waals surface area contributed by atoms with Crippen molar-refractivity contribution in [2.24, 2.45) is 0 Å². The van der Waals surface area contributed by atoms with Crippen LogP contribution in [0.15, 0.2) is 0 Å². The van der Waals surface area contributed by atoms with Crippen LogP contribution < -0.4 is 0 Å². The van der Waals surface area contributed by atoms with Crippen LogP contribution in [-0.4, -0.2) is 22.3 Å². The summed E-state index contributed by atoms with van der Waals surface area (Å²) in [7, 11) is 0. The van der Waals surface area contributed by atoms with E-state index in [0.29, 0.717) is 12.2 Å². The SMILES string of the molecule is C[CH2][Hg].OC(O)CCS. The van der Waals surface area contributed by atoms with Gasteiger partial charge in [-0.2, -0.15) is 12.6 Å². The van der Waals surface area contributed by atoms with E-state index in [0.717, 1.165) is 26.1 Å². The summed E-state index contributed by atoms with van der Waals surface area (Å²) in [6, 6.07) is 0. The molecular weight excluding hydrogens is 325 g/mol. The number of aliphatic hydroxyl groups is 2. The Balaban J connectivity index is 0. The summed E-state index contributed by atoms with van der Waals surface area (Å²) in [6.45, 7) is 2.21. The molecule has 0 aliphatic rings. The van der Waals surface area contributed by atoms with E-state index in [4.69, 9.17) is 10.2 Å². The van der Waals surface area contributed by atoms with Gasteiger partial charge in [-0.15, -0.1) is 0 Å². The fraction of sp³-hybridized carbons (Fsp3) is 1.00. The van der Waals surface area contributed by atoms with Crippen molar-refractivity contribution in [2.45, 2.75) is 23.6 Å². The summed E-state index contributed by atoms with van der Waals surface area (Å²) in [5, 5.41) is 16.1. The molecule has 0 radical (unpaired) electrons. The number of aliphatic hydroxyl groups excluding tert-OH is 1. The van der Waals surface area contributed by atoms with Crippen molar-refractivity contribution in [2.75, 3.05) is 5.75 Å². The minimum absolute atomic E-state index is 0.350. The molecule has 53 valence electrons. The van der Waals surface area contributed by atoms with E-state index in [2.05, 4.69) is 19.6 Å². The summed E-state index contributed by atoms with van der Waals surface area (Å²) in [5.74, 6) is 0.525. The Morgan fingerprint density at radius 2 is 1.89 bits per heavy atom. The molecule has 0 rings (SSSR count). The number of rotatable bonds is 2. The van der Waals surface area contributed by atoms with Crippen molar-refractivity contribution in [3.05, 3.63) is 0 Å². The Labute approximate surface area is 78.0 Å². The molecule has 0 saturated carbocycles. The van der Waals surface area contributed by atoms with Crippen LogP contribution in [0.4, 0.5) is 0 Å². The van der Waals surface area contributed by atoms with E-state index < -0.39 is 6.29 Å². The molecular formula is C5H13HgO2S. The van der Waals surface area contributed by atoms with Crippen LogP contribution in [0.2, 0.25) is 3.93 Å². The van der Waals surface area contributed by atoms with Gasteiger partial charge >= 0.3 is 37.0 Å². The largest absolute Gasteiger partial charge is 0.368 e. The van der Waals surface area contributed by atoms with Gasteiger partial charge in [0.25, 0.3) is 0 Å². The summed E-state index contributed by atoms with van der Waals surface area (Å²) in [4.78, 5) is 0. The third-order valence-corrected chi connectivity index (χ3v) is 0.645. The molecule has 0 amide bonds. The van der Waals surface area contributed by atoms with Crippen molar-refractivity contribution in [1.29, 1.82) is 0 Å². The molecule has 4 heteroatoms. The molecule has 0 aliphatic heterocycles. The van der Waals surface area contributed by atoms with E-state index in [9.17, 15) is 0 Å². The predicted molar refractivity (Wildman–Crippen MR) is 37.2 cm³/mol. The van der Waals surface area contributed by atoms with Crippen LogP contribution >= 0.6 is 12.6 Å². The van der Waals surface area contributed by atoms with Crippen LogP contribution in [0, 0.1) is 0 Å². The first-order valence-corrected chi connectivity index (χ1v) is 7.47. The maximum absolute atomic E-state index is 8.06. The molecule has 0 heterocycles. The smallest absolute Gasteiger partial charge is 0.152 e. The molecule has 0 aromatic heterocycles. The molecule has 2 N–H and O–H groups in total. The minimum atomic E-state index is -1.18. The van der Waals surface area contributed by atoms with Crippen molar-refractivity contribution < 1.29 is 36.3 Å². The second-order valence-corrected chi connectivity index (χ2v) is 5.83. The van der Waals surface area contributed by atoms with Crippen molar-refractivity contribution in [3.8, 4) is 0 Å². The number of hydrogen-bond acceptors (Lipinski definition) is 3. The van der Waals surface area contributed by atoms with Gasteiger partial charge in [0, 0.05) is 6.42 Å². The first-order valence-electron chi connectivity index (χ1n) is 2.95. The van der Waals surface area contributed by atoms with Gasteiger partial charge in [-0.1, -0.05) is 0 Å². The summed E-state index contributed by atoms with van der Waals surface area (Å²) in [6.07, 6.45) is -0.828. The molecule has 0 aromatic rings. The Bertz CT molecular complexity index is 43.9. The quantitative estimate of drug-likeness (QED) is 0.392. The minimum Gasteiger partial charge on any atom is -0.368 e. The summed E-state index contributed by atoms with van der Waals surface area (Å²) >= 11 is 4.81. The number of hydrogen-bond donors (Lipinski definition) is 3. The van der Waals surface area contributed by atoms with Crippen LogP contribution in [0.1, 0.15) is 13.3 Å². The average Bonchev–Trinajstić information content (AvgIpc) is 1.67. The summed E-state index contributed by atoms with van der Waals surface area (Å²) < 4.78 is 1.44. The molecule has 0 spiro atoms. The Morgan fingerprint density at radius 3 is 1.89 bits per heavy atom. The van der Waals surface area contributed by atoms with E-state index in [1.807, 2.05) is 0 Å². The van der Waals surface area contributed by atoms with Gasteiger partial charge in [-0.3, -0.25) is 0 Å². The number of thiol groups is 1. The second kappa shape index (κ2) is 11.9. The van der Waals surface area contributed by atoms with Gasteiger partial charge in [0.05, 0.1) is 0 Å². The van der Waals surface area contributed by atoms with Crippen LogP contribution in [0.25, 0.3) is 0 Å². The Hall–Kier alpha value is 1.21. The third-order valence-electron chi connectivity index (χ3n) is 0.387. The monoisotopic (exact) mass is 339 g/mol. The van der Waals surface area contributed by atoms with Gasteiger partial charge in [0.15, 0.2) is 6.29 Å². The molecule has 0 bridgehead atoms. The van der Waals surface area contributed by atoms with Gasteiger partial charge in [-0.25, -0.2) is 0 Å². The van der Waals surface area contributed by atoms with Crippen LogP contribution in [0.5, 0.6) is 0 Å². The van der Waals surface area contributed by atoms with Crippen LogP contribution in [0.3, 0.4) is 0 Å². The van der Waals surface area contributed by atoms with Crippen molar-refractivity contribution >= 4 is 12.6 Å². The molecule has 0 atom stereocenters. The fourth-order valence-electron chi connectivity index (χ4n) is 0.115. The van der Waals surface area contributed by atoms with Gasteiger partial charge in [-0.05, 0) is 5.75 Å². The molecule has 0 saturated heterocycles. The zero-order valence-electron chi connectivity index (χ0n) is 5.75. The maximum Gasteiger partial charge on any atom is 0.152 e. The fourth-order valence-corrected chi connectivity index (χ4v) is 0.346. The Morgan fingerprint density at radius 1 is 1.56 bits per heavy atom. The van der Waals surface area contributed by atoms with Gasteiger partial charge in [0.1, 0.15) is 0 Å². The zero-order valence-corrected chi connectivity index (χ0v) is 12.1. The maximum atomic E-state index is 8.06. The molecule has 0 unspecified atom stereocenters. The molecule has 9 heavy (non-hydrogen) atoms. The van der Waals surface area contributed by atoms with E-state index in [-0.39, 0.29) is 0 Å². The first kappa shape index (κ1) is 12.8. The molecule has 2 nitrogen and oxygen atoms in total. The Kier molecular flexibility index (Phi) is 17.0. The first-order chi connectivity index (χ1) is 4.18. The van der Waals surface area contributed by atoms with Gasteiger partial charge < -0.3 is 10.2 Å². The summed E-state index contributed by atoms with van der Waals surface area (Å²) in [5.41, 5.74) is 0. The normalized spacial score (nSPS) is 8.78. The van der Waals surface area contributed by atoms with Gasteiger partial charge in [0.2, 0.25) is 0 Å². The standard InChI is InChI=1S/C3H8O2S.C2H5.Hg/c4-3(5)1-2-6;1-2;/h3-6H,1-2H2;1H2,2H3;. The molecule has 0 aromatic carbocycles. The zero-order chi connectivity index (χ0) is 7.70. The molecule has 0 fully saturated rings. The van der Waals surface area contributed by atoms with Crippen molar-refractivity contribution in [1.82, 2.24) is 0 Å². The average molecular weight is 338 g/mol. The topological polar surface area (TPSA) is 40.5 Å². The second-order valence-electron chi connectivity index (χ2n) is 1.49. The molecule has 0 aliphatic carbocycles. The van der Waals surface area contributed by atoms with Crippen LogP contribution in [-0.2, 0) is 26.1 Å². The van der Waals surface area contributed by atoms with E-state index in [1.165, 1.54) is 3.93 Å².